The second-order valence-corrected chi connectivity index (χ2v) is 5.88. The Morgan fingerprint density at radius 3 is 2.96 bits per heavy atom. The van der Waals surface area contributed by atoms with Gasteiger partial charge < -0.3 is 4.42 Å². The van der Waals surface area contributed by atoms with Crippen molar-refractivity contribution in [1.29, 1.82) is 5.26 Å². The average Bonchev–Trinajstić information content (AvgIpc) is 3.36. The van der Waals surface area contributed by atoms with Gasteiger partial charge in [-0.2, -0.15) is 21.7 Å². The molecule has 24 heavy (non-hydrogen) atoms. The first kappa shape index (κ1) is 14.4. The Morgan fingerprint density at radius 1 is 1.17 bits per heavy atom. The zero-order valence-electron chi connectivity index (χ0n) is 12.5. The van der Waals surface area contributed by atoms with Crippen LogP contribution >= 0.6 is 11.3 Å². The molecule has 0 saturated carbocycles. The Balaban J connectivity index is 1.54. The average molecular weight is 333 g/mol. The summed E-state index contributed by atoms with van der Waals surface area (Å²) in [5, 5.41) is 25.7. The van der Waals surface area contributed by atoms with Crippen LogP contribution in [0.5, 0.6) is 0 Å². The smallest absolute Gasteiger partial charge is 0.247 e. The lowest BCUT2D eigenvalue weighted by Crippen LogP contribution is -2.00. The van der Waals surface area contributed by atoms with Crippen LogP contribution in [0.3, 0.4) is 0 Å². The van der Waals surface area contributed by atoms with Gasteiger partial charge in [0, 0.05) is 22.7 Å². The Kier molecular flexibility index (Phi) is 3.65. The first-order chi connectivity index (χ1) is 11.8. The minimum absolute atomic E-state index is 0.396. The number of nitriles is 1. The van der Waals surface area contributed by atoms with Crippen molar-refractivity contribution in [3.05, 3.63) is 64.8 Å². The topological polar surface area (TPSA) is 80.5 Å². The molecule has 0 bridgehead atoms. The van der Waals surface area contributed by atoms with Gasteiger partial charge in [-0.3, -0.25) is 4.68 Å². The van der Waals surface area contributed by atoms with Gasteiger partial charge in [0.15, 0.2) is 0 Å². The number of thiophene rings is 1. The minimum atomic E-state index is 0.396. The van der Waals surface area contributed by atoms with Gasteiger partial charge in [0.05, 0.1) is 17.3 Å². The lowest BCUT2D eigenvalue weighted by Gasteiger charge is -1.97. The number of hydrogen-bond donors (Lipinski definition) is 0. The largest absolute Gasteiger partial charge is 0.419 e. The number of nitrogens with zero attached hydrogens (tertiary/aromatic N) is 5. The van der Waals surface area contributed by atoms with Crippen LogP contribution in [-0.2, 0) is 6.54 Å². The minimum Gasteiger partial charge on any atom is -0.419 e. The van der Waals surface area contributed by atoms with E-state index in [0.717, 1.165) is 16.8 Å². The van der Waals surface area contributed by atoms with Crippen LogP contribution in [0.1, 0.15) is 11.5 Å². The van der Waals surface area contributed by atoms with E-state index in [1.165, 1.54) is 0 Å². The molecule has 4 aromatic rings. The standard InChI is InChI=1S/C17H11N5OS/c18-9-12-2-1-3-13(8-12)17-20-19-16(23-17)10-22-6-4-15(21-22)14-5-7-24-11-14/h1-8,11H,10H2. The molecule has 0 aliphatic rings. The molecule has 3 aromatic heterocycles. The first-order valence-corrected chi connectivity index (χ1v) is 8.15. The second-order valence-electron chi connectivity index (χ2n) is 5.10. The fraction of sp³-hybridized carbons (Fsp3) is 0.0588. The van der Waals surface area contributed by atoms with Crippen molar-refractivity contribution >= 4 is 11.3 Å². The third-order valence-electron chi connectivity index (χ3n) is 3.46. The highest BCUT2D eigenvalue weighted by Crippen LogP contribution is 2.21. The van der Waals surface area contributed by atoms with Crippen molar-refractivity contribution in [2.24, 2.45) is 0 Å². The monoisotopic (exact) mass is 333 g/mol. The highest BCUT2D eigenvalue weighted by Gasteiger charge is 2.11. The Labute approximate surface area is 141 Å². The van der Waals surface area contributed by atoms with Crippen molar-refractivity contribution in [2.45, 2.75) is 6.54 Å². The molecule has 0 aliphatic carbocycles. The Hall–Kier alpha value is -3.24. The van der Waals surface area contributed by atoms with Crippen LogP contribution in [0, 0.1) is 11.3 Å². The molecule has 7 heteroatoms. The van der Waals surface area contributed by atoms with E-state index >= 15 is 0 Å². The highest BCUT2D eigenvalue weighted by molar-refractivity contribution is 7.08. The summed E-state index contributed by atoms with van der Waals surface area (Å²) in [7, 11) is 0. The van der Waals surface area contributed by atoms with Crippen LogP contribution in [-0.4, -0.2) is 20.0 Å². The number of aromatic nitrogens is 4. The summed E-state index contributed by atoms with van der Waals surface area (Å²) in [5.74, 6) is 0.861. The number of benzene rings is 1. The highest BCUT2D eigenvalue weighted by atomic mass is 32.1. The summed E-state index contributed by atoms with van der Waals surface area (Å²) in [6.07, 6.45) is 1.88. The summed E-state index contributed by atoms with van der Waals surface area (Å²) in [4.78, 5) is 0. The van der Waals surface area contributed by atoms with Crippen molar-refractivity contribution < 1.29 is 4.42 Å². The van der Waals surface area contributed by atoms with Crippen LogP contribution in [0.15, 0.2) is 57.8 Å². The van der Waals surface area contributed by atoms with E-state index in [1.54, 1.807) is 34.2 Å². The lowest BCUT2D eigenvalue weighted by atomic mass is 10.1. The third-order valence-corrected chi connectivity index (χ3v) is 4.14. The summed E-state index contributed by atoms with van der Waals surface area (Å²) in [6.45, 7) is 0.398. The SMILES string of the molecule is N#Cc1cccc(-c2nnc(Cn3ccc(-c4ccsc4)n3)o2)c1. The molecular formula is C17H11N5OS. The molecule has 116 valence electrons. The third kappa shape index (κ3) is 2.83. The van der Waals surface area contributed by atoms with Crippen LogP contribution in [0.4, 0.5) is 0 Å². The summed E-state index contributed by atoms with van der Waals surface area (Å²) < 4.78 is 7.44. The normalized spacial score (nSPS) is 10.6. The quantitative estimate of drug-likeness (QED) is 0.570. The number of hydrogen-bond acceptors (Lipinski definition) is 6. The fourth-order valence-corrected chi connectivity index (χ4v) is 2.96. The van der Waals surface area contributed by atoms with Crippen LogP contribution < -0.4 is 0 Å². The molecule has 0 spiro atoms. The molecule has 0 N–H and O–H groups in total. The van der Waals surface area contributed by atoms with Gasteiger partial charge in [-0.15, -0.1) is 10.2 Å². The zero-order chi connectivity index (χ0) is 16.4. The van der Waals surface area contributed by atoms with Crippen molar-refractivity contribution in [1.82, 2.24) is 20.0 Å². The molecule has 4 rings (SSSR count). The van der Waals surface area contributed by atoms with E-state index in [4.69, 9.17) is 9.68 Å². The van der Waals surface area contributed by atoms with Crippen molar-refractivity contribution in [3.8, 4) is 28.8 Å². The van der Waals surface area contributed by atoms with E-state index in [2.05, 4.69) is 26.7 Å². The molecule has 0 saturated heterocycles. The molecule has 6 nitrogen and oxygen atoms in total. The van der Waals surface area contributed by atoms with E-state index in [0.29, 0.717) is 23.9 Å². The predicted molar refractivity (Wildman–Crippen MR) is 89.1 cm³/mol. The van der Waals surface area contributed by atoms with Crippen molar-refractivity contribution in [3.63, 3.8) is 0 Å². The van der Waals surface area contributed by atoms with E-state index in [1.807, 2.05) is 29.8 Å². The van der Waals surface area contributed by atoms with Gasteiger partial charge in [0.25, 0.3) is 0 Å². The van der Waals surface area contributed by atoms with Gasteiger partial charge in [-0.05, 0) is 35.7 Å². The first-order valence-electron chi connectivity index (χ1n) is 7.21. The Bertz CT molecular complexity index is 1010. The van der Waals surface area contributed by atoms with Gasteiger partial charge >= 0.3 is 0 Å². The summed E-state index contributed by atoms with van der Waals surface area (Å²) in [5.41, 5.74) is 3.29. The van der Waals surface area contributed by atoms with E-state index in [-0.39, 0.29) is 0 Å². The lowest BCUT2D eigenvalue weighted by molar-refractivity contribution is 0.474. The maximum atomic E-state index is 8.96. The molecule has 0 atom stereocenters. The molecule has 0 amide bonds. The molecule has 3 heterocycles. The second kappa shape index (κ2) is 6.10. The Morgan fingerprint density at radius 2 is 2.12 bits per heavy atom. The van der Waals surface area contributed by atoms with E-state index in [9.17, 15) is 0 Å². The van der Waals surface area contributed by atoms with Crippen LogP contribution in [0.2, 0.25) is 0 Å². The maximum absolute atomic E-state index is 8.96. The van der Waals surface area contributed by atoms with Crippen molar-refractivity contribution in [2.75, 3.05) is 0 Å². The maximum Gasteiger partial charge on any atom is 0.247 e. The molecule has 0 unspecified atom stereocenters. The number of rotatable bonds is 4. The summed E-state index contributed by atoms with van der Waals surface area (Å²) in [6, 6.07) is 13.2. The molecular weight excluding hydrogens is 322 g/mol. The fourth-order valence-electron chi connectivity index (χ4n) is 2.31. The zero-order valence-corrected chi connectivity index (χ0v) is 13.3. The predicted octanol–water partition coefficient (Wildman–Crippen LogP) is 3.58. The van der Waals surface area contributed by atoms with Gasteiger partial charge in [-0.1, -0.05) is 6.07 Å². The van der Waals surface area contributed by atoms with Crippen LogP contribution in [0.25, 0.3) is 22.7 Å². The molecule has 0 fully saturated rings. The van der Waals surface area contributed by atoms with E-state index < -0.39 is 0 Å². The van der Waals surface area contributed by atoms with Gasteiger partial charge in [0.2, 0.25) is 11.8 Å². The molecule has 1 aromatic carbocycles. The summed E-state index contributed by atoms with van der Waals surface area (Å²) >= 11 is 1.64. The van der Waals surface area contributed by atoms with Gasteiger partial charge in [-0.25, -0.2) is 0 Å². The molecule has 0 aliphatic heterocycles. The molecule has 0 radical (unpaired) electrons. The van der Waals surface area contributed by atoms with Gasteiger partial charge in [0.1, 0.15) is 6.54 Å².